The van der Waals surface area contributed by atoms with Gasteiger partial charge >= 0.3 is 0 Å². The quantitative estimate of drug-likeness (QED) is 0.645. The monoisotopic (exact) mass is 195 g/mol. The van der Waals surface area contributed by atoms with Crippen molar-refractivity contribution in [1.82, 2.24) is 5.32 Å². The number of nitrogens with one attached hydrogen (secondary N) is 1. The van der Waals surface area contributed by atoms with Crippen LogP contribution in [0.4, 0.5) is 0 Å². The van der Waals surface area contributed by atoms with E-state index in [1.54, 1.807) is 6.07 Å². The molecular weight excluding hydrogens is 178 g/mol. The van der Waals surface area contributed by atoms with Crippen LogP contribution in [0.5, 0.6) is 11.5 Å². The van der Waals surface area contributed by atoms with Gasteiger partial charge in [-0.25, -0.2) is 0 Å². The lowest BCUT2D eigenvalue weighted by Gasteiger charge is -2.15. The summed E-state index contributed by atoms with van der Waals surface area (Å²) in [6.07, 6.45) is 1.05. The number of hydrogen-bond acceptors (Lipinski definition) is 3. The Hall–Kier alpha value is -1.22. The zero-order valence-corrected chi connectivity index (χ0v) is 8.62. The van der Waals surface area contributed by atoms with Crippen molar-refractivity contribution in [3.8, 4) is 11.5 Å². The number of aromatic hydroxyl groups is 2. The normalized spacial score (nSPS) is 12.7. The van der Waals surface area contributed by atoms with E-state index in [9.17, 15) is 10.2 Å². The minimum atomic E-state index is 0.0575. The van der Waals surface area contributed by atoms with Gasteiger partial charge in [0.05, 0.1) is 0 Å². The van der Waals surface area contributed by atoms with Gasteiger partial charge in [0.2, 0.25) is 0 Å². The van der Waals surface area contributed by atoms with Crippen LogP contribution in [0.15, 0.2) is 18.2 Å². The molecule has 0 amide bonds. The fourth-order valence-corrected chi connectivity index (χ4v) is 1.36. The molecule has 0 fully saturated rings. The van der Waals surface area contributed by atoms with Crippen LogP contribution in [0.1, 0.15) is 31.9 Å². The van der Waals surface area contributed by atoms with Crippen LogP contribution >= 0.6 is 0 Å². The number of benzene rings is 1. The Labute approximate surface area is 84.4 Å². The third kappa shape index (κ3) is 2.64. The van der Waals surface area contributed by atoms with Gasteiger partial charge in [-0.15, -0.1) is 0 Å². The van der Waals surface area contributed by atoms with E-state index in [1.807, 2.05) is 6.92 Å². The van der Waals surface area contributed by atoms with E-state index in [-0.39, 0.29) is 17.5 Å². The summed E-state index contributed by atoms with van der Waals surface area (Å²) in [5.74, 6) is 0.404. The summed E-state index contributed by atoms with van der Waals surface area (Å²) < 4.78 is 0. The molecule has 78 valence electrons. The molecule has 0 aliphatic carbocycles. The first kappa shape index (κ1) is 10.9. The van der Waals surface area contributed by atoms with Gasteiger partial charge in [-0.05, 0) is 38.1 Å². The minimum Gasteiger partial charge on any atom is -0.508 e. The van der Waals surface area contributed by atoms with Crippen molar-refractivity contribution in [3.63, 3.8) is 0 Å². The van der Waals surface area contributed by atoms with Gasteiger partial charge in [-0.2, -0.15) is 0 Å². The van der Waals surface area contributed by atoms with E-state index in [2.05, 4.69) is 12.2 Å². The lowest BCUT2D eigenvalue weighted by atomic mass is 10.1. The highest BCUT2D eigenvalue weighted by atomic mass is 16.3. The van der Waals surface area contributed by atoms with E-state index in [0.717, 1.165) is 18.5 Å². The van der Waals surface area contributed by atoms with Crippen LogP contribution in [0.3, 0.4) is 0 Å². The van der Waals surface area contributed by atoms with Crippen molar-refractivity contribution in [3.05, 3.63) is 23.8 Å². The minimum absolute atomic E-state index is 0.0575. The zero-order chi connectivity index (χ0) is 10.6. The first-order chi connectivity index (χ1) is 6.65. The van der Waals surface area contributed by atoms with E-state index >= 15 is 0 Å². The van der Waals surface area contributed by atoms with Crippen molar-refractivity contribution in [2.45, 2.75) is 26.3 Å². The van der Waals surface area contributed by atoms with E-state index in [0.29, 0.717) is 0 Å². The summed E-state index contributed by atoms with van der Waals surface area (Å²) in [4.78, 5) is 0. The molecule has 1 rings (SSSR count). The lowest BCUT2D eigenvalue weighted by Crippen LogP contribution is -2.19. The maximum atomic E-state index is 9.55. The molecule has 0 saturated heterocycles. The van der Waals surface area contributed by atoms with E-state index in [4.69, 9.17) is 0 Å². The number of phenolic OH excluding ortho intramolecular Hbond substituents is 2. The molecular formula is C11H17NO2. The molecule has 0 aliphatic rings. The number of rotatable bonds is 4. The molecule has 0 saturated carbocycles. The van der Waals surface area contributed by atoms with Crippen molar-refractivity contribution in [2.24, 2.45) is 0 Å². The van der Waals surface area contributed by atoms with Gasteiger partial charge in [0.15, 0.2) is 0 Å². The predicted octanol–water partition coefficient (Wildman–Crippen LogP) is 2.16. The second kappa shape index (κ2) is 4.86. The topological polar surface area (TPSA) is 52.5 Å². The first-order valence-corrected chi connectivity index (χ1v) is 4.90. The number of hydrogen-bond donors (Lipinski definition) is 3. The highest BCUT2D eigenvalue weighted by Crippen LogP contribution is 2.27. The highest BCUT2D eigenvalue weighted by Gasteiger charge is 2.09. The predicted molar refractivity (Wildman–Crippen MR) is 56.5 cm³/mol. The van der Waals surface area contributed by atoms with Gasteiger partial charge in [0, 0.05) is 11.6 Å². The Morgan fingerprint density at radius 3 is 2.71 bits per heavy atom. The van der Waals surface area contributed by atoms with Crippen LogP contribution < -0.4 is 5.32 Å². The summed E-state index contributed by atoms with van der Waals surface area (Å²) in [5.41, 5.74) is 0.735. The summed E-state index contributed by atoms with van der Waals surface area (Å²) >= 11 is 0. The Kier molecular flexibility index (Phi) is 3.77. The summed E-state index contributed by atoms with van der Waals surface area (Å²) in [7, 11) is 0. The Morgan fingerprint density at radius 1 is 1.36 bits per heavy atom. The standard InChI is InChI=1S/C11H17NO2/c1-3-6-12-8(2)10-7-9(13)4-5-11(10)14/h4-5,7-8,12-14H,3,6H2,1-2H3. The molecule has 1 atom stereocenters. The maximum Gasteiger partial charge on any atom is 0.120 e. The summed E-state index contributed by atoms with van der Waals surface area (Å²) in [5, 5.41) is 22.1. The van der Waals surface area contributed by atoms with Crippen LogP contribution in [-0.4, -0.2) is 16.8 Å². The lowest BCUT2D eigenvalue weighted by molar-refractivity contribution is 0.441. The Balaban J connectivity index is 2.77. The van der Waals surface area contributed by atoms with Crippen LogP contribution in [0.25, 0.3) is 0 Å². The Bertz CT molecular complexity index is 299. The SMILES string of the molecule is CCCNC(C)c1cc(O)ccc1O. The molecule has 0 aromatic heterocycles. The summed E-state index contributed by atoms with van der Waals surface area (Å²) in [6, 6.07) is 4.63. The van der Waals surface area contributed by atoms with Gasteiger partial charge in [-0.1, -0.05) is 6.92 Å². The molecule has 0 aliphatic heterocycles. The van der Waals surface area contributed by atoms with Gasteiger partial charge < -0.3 is 15.5 Å². The maximum absolute atomic E-state index is 9.55. The van der Waals surface area contributed by atoms with Crippen LogP contribution in [0, 0.1) is 0 Å². The van der Waals surface area contributed by atoms with Crippen LogP contribution in [-0.2, 0) is 0 Å². The molecule has 1 unspecified atom stereocenters. The molecule has 0 radical (unpaired) electrons. The molecule has 3 nitrogen and oxygen atoms in total. The third-order valence-electron chi connectivity index (χ3n) is 2.18. The molecule has 0 spiro atoms. The molecule has 3 heteroatoms. The largest absolute Gasteiger partial charge is 0.508 e. The molecule has 3 N–H and O–H groups in total. The Morgan fingerprint density at radius 2 is 2.07 bits per heavy atom. The summed E-state index contributed by atoms with van der Waals surface area (Å²) in [6.45, 7) is 4.95. The van der Waals surface area contributed by atoms with Crippen molar-refractivity contribution in [2.75, 3.05) is 6.54 Å². The second-order valence-corrected chi connectivity index (χ2v) is 3.42. The molecule has 0 heterocycles. The molecule has 1 aromatic rings. The van der Waals surface area contributed by atoms with E-state index in [1.165, 1.54) is 12.1 Å². The highest BCUT2D eigenvalue weighted by molar-refractivity contribution is 5.40. The molecule has 1 aromatic carbocycles. The first-order valence-electron chi connectivity index (χ1n) is 4.90. The third-order valence-corrected chi connectivity index (χ3v) is 2.18. The fourth-order valence-electron chi connectivity index (χ4n) is 1.36. The van der Waals surface area contributed by atoms with Crippen molar-refractivity contribution >= 4 is 0 Å². The smallest absolute Gasteiger partial charge is 0.120 e. The van der Waals surface area contributed by atoms with Gasteiger partial charge in [-0.3, -0.25) is 0 Å². The van der Waals surface area contributed by atoms with E-state index < -0.39 is 0 Å². The second-order valence-electron chi connectivity index (χ2n) is 3.42. The fraction of sp³-hybridized carbons (Fsp3) is 0.455. The van der Waals surface area contributed by atoms with Crippen molar-refractivity contribution in [1.29, 1.82) is 0 Å². The zero-order valence-electron chi connectivity index (χ0n) is 8.62. The number of phenols is 2. The average Bonchev–Trinajstić information content (AvgIpc) is 2.18. The average molecular weight is 195 g/mol. The molecule has 14 heavy (non-hydrogen) atoms. The molecule has 0 bridgehead atoms. The van der Waals surface area contributed by atoms with Crippen LogP contribution in [0.2, 0.25) is 0 Å². The van der Waals surface area contributed by atoms with Gasteiger partial charge in [0.1, 0.15) is 11.5 Å². The van der Waals surface area contributed by atoms with Crippen molar-refractivity contribution < 1.29 is 10.2 Å². The van der Waals surface area contributed by atoms with Gasteiger partial charge in [0.25, 0.3) is 0 Å².